The second-order valence-corrected chi connectivity index (χ2v) is 9.75. The lowest BCUT2D eigenvalue weighted by Crippen LogP contribution is -2.53. The minimum atomic E-state index is -0.412. The van der Waals surface area contributed by atoms with Gasteiger partial charge in [-0.05, 0) is 38.8 Å². The van der Waals surface area contributed by atoms with Gasteiger partial charge in [-0.3, -0.25) is 9.59 Å². The van der Waals surface area contributed by atoms with Crippen molar-refractivity contribution in [3.8, 4) is 0 Å². The van der Waals surface area contributed by atoms with Crippen molar-refractivity contribution < 1.29 is 14.3 Å². The zero-order valence-electron chi connectivity index (χ0n) is 17.3. The lowest BCUT2D eigenvalue weighted by atomic mass is 9.90. The number of aromatic nitrogens is 1. The van der Waals surface area contributed by atoms with Crippen LogP contribution in [0.2, 0.25) is 5.02 Å². The fourth-order valence-corrected chi connectivity index (χ4v) is 5.30. The highest BCUT2D eigenvalue weighted by molar-refractivity contribution is 7.11. The van der Waals surface area contributed by atoms with Crippen molar-refractivity contribution in [2.45, 2.75) is 45.3 Å². The van der Waals surface area contributed by atoms with Crippen LogP contribution in [-0.2, 0) is 16.1 Å². The van der Waals surface area contributed by atoms with E-state index in [0.717, 1.165) is 10.7 Å². The summed E-state index contributed by atoms with van der Waals surface area (Å²) in [7, 11) is 0. The van der Waals surface area contributed by atoms with E-state index in [9.17, 15) is 9.59 Å². The first-order chi connectivity index (χ1) is 14.4. The molecule has 2 aliphatic rings. The minimum absolute atomic E-state index is 0.0502. The summed E-state index contributed by atoms with van der Waals surface area (Å²) in [5.74, 6) is 0.0534. The Morgan fingerprint density at radius 1 is 1.27 bits per heavy atom. The maximum atomic E-state index is 12.9. The summed E-state index contributed by atoms with van der Waals surface area (Å²) in [5.41, 5.74) is 1.14. The van der Waals surface area contributed by atoms with Gasteiger partial charge in [-0.2, -0.15) is 0 Å². The SMILES string of the molecule is Cc1nc(CN2CC3(CCN(C(=O)c4ccccc4Cl)CC3)OCCC2=O)sc1C. The van der Waals surface area contributed by atoms with Crippen molar-refractivity contribution in [2.75, 3.05) is 26.2 Å². The van der Waals surface area contributed by atoms with Gasteiger partial charge in [0.1, 0.15) is 5.01 Å². The van der Waals surface area contributed by atoms with E-state index in [2.05, 4.69) is 11.9 Å². The van der Waals surface area contributed by atoms with Crippen LogP contribution in [0, 0.1) is 13.8 Å². The number of ether oxygens (including phenoxy) is 1. The van der Waals surface area contributed by atoms with Crippen molar-refractivity contribution >= 4 is 34.8 Å². The first kappa shape index (κ1) is 21.3. The van der Waals surface area contributed by atoms with Gasteiger partial charge in [0.05, 0.1) is 48.0 Å². The van der Waals surface area contributed by atoms with Crippen LogP contribution in [0.15, 0.2) is 24.3 Å². The molecule has 0 radical (unpaired) electrons. The number of halogens is 1. The number of likely N-dealkylation sites (tertiary alicyclic amines) is 1. The number of hydrogen-bond acceptors (Lipinski definition) is 5. The Hall–Kier alpha value is -1.96. The van der Waals surface area contributed by atoms with Crippen LogP contribution >= 0.6 is 22.9 Å². The first-order valence-electron chi connectivity index (χ1n) is 10.3. The lowest BCUT2D eigenvalue weighted by Gasteiger charge is -2.42. The van der Waals surface area contributed by atoms with Gasteiger partial charge in [-0.1, -0.05) is 23.7 Å². The average Bonchev–Trinajstić information content (AvgIpc) is 2.96. The number of carbonyl (C=O) groups is 2. The molecule has 2 amide bonds. The standard InChI is InChI=1S/C22H26ClN3O3S/c1-15-16(2)30-19(24-15)13-26-14-22(29-12-7-20(26)27)8-10-25(11-9-22)21(28)17-5-3-4-6-18(17)23/h3-6H,7-14H2,1-2H3. The van der Waals surface area contributed by atoms with Gasteiger partial charge in [0.2, 0.25) is 5.91 Å². The van der Waals surface area contributed by atoms with E-state index >= 15 is 0 Å². The van der Waals surface area contributed by atoms with Crippen LogP contribution in [0.5, 0.6) is 0 Å². The van der Waals surface area contributed by atoms with Crippen molar-refractivity contribution in [3.05, 3.63) is 50.4 Å². The smallest absolute Gasteiger partial charge is 0.255 e. The molecule has 0 aliphatic carbocycles. The minimum Gasteiger partial charge on any atom is -0.372 e. The number of amides is 2. The molecule has 0 unspecified atom stereocenters. The number of aryl methyl sites for hydroxylation is 2. The highest BCUT2D eigenvalue weighted by Crippen LogP contribution is 2.32. The van der Waals surface area contributed by atoms with E-state index in [4.69, 9.17) is 16.3 Å². The summed E-state index contributed by atoms with van der Waals surface area (Å²) in [5, 5.41) is 1.43. The molecule has 2 aromatic rings. The molecule has 6 nitrogen and oxygen atoms in total. The zero-order valence-corrected chi connectivity index (χ0v) is 18.9. The number of benzene rings is 1. The van der Waals surface area contributed by atoms with E-state index in [-0.39, 0.29) is 11.8 Å². The summed E-state index contributed by atoms with van der Waals surface area (Å²) in [4.78, 5) is 35.1. The maximum absolute atomic E-state index is 12.9. The second-order valence-electron chi connectivity index (χ2n) is 8.05. The van der Waals surface area contributed by atoms with Gasteiger partial charge in [-0.25, -0.2) is 4.98 Å². The summed E-state index contributed by atoms with van der Waals surface area (Å²) >= 11 is 7.85. The molecular formula is C22H26ClN3O3S. The molecule has 2 saturated heterocycles. The van der Waals surface area contributed by atoms with Gasteiger partial charge >= 0.3 is 0 Å². The molecule has 0 bridgehead atoms. The third-order valence-corrected chi connectivity index (χ3v) is 7.41. The second kappa shape index (κ2) is 8.65. The van der Waals surface area contributed by atoms with Crippen LogP contribution < -0.4 is 0 Å². The van der Waals surface area contributed by atoms with E-state index in [1.165, 1.54) is 4.88 Å². The summed E-state index contributed by atoms with van der Waals surface area (Å²) in [6.45, 7) is 6.70. The predicted octanol–water partition coefficient (Wildman–Crippen LogP) is 3.84. The van der Waals surface area contributed by atoms with Crippen LogP contribution in [0.25, 0.3) is 0 Å². The predicted molar refractivity (Wildman–Crippen MR) is 117 cm³/mol. The molecule has 0 atom stereocenters. The summed E-state index contributed by atoms with van der Waals surface area (Å²) in [6, 6.07) is 7.14. The van der Waals surface area contributed by atoms with Crippen molar-refractivity contribution in [3.63, 3.8) is 0 Å². The van der Waals surface area contributed by atoms with E-state index in [1.807, 2.05) is 28.9 Å². The third kappa shape index (κ3) is 4.38. The Bertz CT molecular complexity index is 933. The highest BCUT2D eigenvalue weighted by Gasteiger charge is 2.41. The van der Waals surface area contributed by atoms with Crippen LogP contribution in [-0.4, -0.2) is 58.4 Å². The van der Waals surface area contributed by atoms with E-state index < -0.39 is 5.60 Å². The molecular weight excluding hydrogens is 422 g/mol. The third-order valence-electron chi connectivity index (χ3n) is 6.02. The molecule has 8 heteroatoms. The van der Waals surface area contributed by atoms with E-state index in [0.29, 0.717) is 62.6 Å². The molecule has 4 rings (SSSR count). The first-order valence-corrected chi connectivity index (χ1v) is 11.4. The van der Waals surface area contributed by atoms with E-state index in [1.54, 1.807) is 23.5 Å². The largest absolute Gasteiger partial charge is 0.372 e. The molecule has 160 valence electrons. The Morgan fingerprint density at radius 3 is 2.67 bits per heavy atom. The van der Waals surface area contributed by atoms with Crippen molar-refractivity contribution in [2.24, 2.45) is 0 Å². The fraction of sp³-hybridized carbons (Fsp3) is 0.500. The van der Waals surface area contributed by atoms with Gasteiger partial charge in [0.25, 0.3) is 5.91 Å². The molecule has 1 spiro atoms. The molecule has 2 fully saturated rings. The number of piperidine rings is 1. The quantitative estimate of drug-likeness (QED) is 0.717. The van der Waals surface area contributed by atoms with Gasteiger partial charge in [0, 0.05) is 18.0 Å². The number of thiazole rings is 1. The number of carbonyl (C=O) groups excluding carboxylic acids is 2. The summed E-state index contributed by atoms with van der Waals surface area (Å²) in [6.07, 6.45) is 1.78. The molecule has 2 aliphatic heterocycles. The van der Waals surface area contributed by atoms with Crippen molar-refractivity contribution in [1.29, 1.82) is 0 Å². The molecule has 30 heavy (non-hydrogen) atoms. The van der Waals surface area contributed by atoms with Crippen LogP contribution in [0.1, 0.15) is 45.2 Å². The molecule has 0 saturated carbocycles. The molecule has 1 aromatic carbocycles. The Kier molecular flexibility index (Phi) is 6.14. The molecule has 0 N–H and O–H groups in total. The molecule has 1 aromatic heterocycles. The van der Waals surface area contributed by atoms with Gasteiger partial charge in [-0.15, -0.1) is 11.3 Å². The average molecular weight is 448 g/mol. The number of hydrogen-bond donors (Lipinski definition) is 0. The number of rotatable bonds is 3. The highest BCUT2D eigenvalue weighted by atomic mass is 35.5. The molecule has 3 heterocycles. The fourth-order valence-electron chi connectivity index (χ4n) is 4.13. The van der Waals surface area contributed by atoms with Crippen LogP contribution in [0.3, 0.4) is 0 Å². The van der Waals surface area contributed by atoms with Crippen molar-refractivity contribution in [1.82, 2.24) is 14.8 Å². The van der Waals surface area contributed by atoms with Gasteiger partial charge in [0.15, 0.2) is 0 Å². The monoisotopic (exact) mass is 447 g/mol. The van der Waals surface area contributed by atoms with Crippen LogP contribution in [0.4, 0.5) is 0 Å². The Balaban J connectivity index is 1.44. The lowest BCUT2D eigenvalue weighted by molar-refractivity contribution is -0.132. The topological polar surface area (TPSA) is 62.7 Å². The zero-order chi connectivity index (χ0) is 21.3. The normalized spacial score (nSPS) is 19.2. The van der Waals surface area contributed by atoms with Gasteiger partial charge < -0.3 is 14.5 Å². The number of nitrogens with zero attached hydrogens (tertiary/aromatic N) is 3. The maximum Gasteiger partial charge on any atom is 0.255 e. The Labute approximate surface area is 185 Å². The summed E-state index contributed by atoms with van der Waals surface area (Å²) < 4.78 is 6.21. The Morgan fingerprint density at radius 2 is 2.00 bits per heavy atom.